The van der Waals surface area contributed by atoms with Crippen LogP contribution in [0.4, 0.5) is 11.4 Å². The van der Waals surface area contributed by atoms with E-state index in [1.54, 1.807) is 12.1 Å². The highest BCUT2D eigenvalue weighted by Crippen LogP contribution is 2.14. The number of carbonyl (C=O) groups is 1. The van der Waals surface area contributed by atoms with Gasteiger partial charge in [0.15, 0.2) is 0 Å². The first-order valence-corrected chi connectivity index (χ1v) is 7.52. The molecule has 4 heteroatoms. The van der Waals surface area contributed by atoms with Crippen LogP contribution in [0.15, 0.2) is 24.3 Å². The van der Waals surface area contributed by atoms with Crippen LogP contribution >= 0.6 is 0 Å². The summed E-state index contributed by atoms with van der Waals surface area (Å²) in [7, 11) is 0. The molecule has 0 saturated heterocycles. The molecule has 3 N–H and O–H groups in total. The van der Waals surface area contributed by atoms with Crippen LogP contribution in [0.2, 0.25) is 0 Å². The van der Waals surface area contributed by atoms with E-state index in [-0.39, 0.29) is 11.9 Å². The molecule has 0 saturated carbocycles. The number of nitrogens with two attached hydrogens (primary N) is 1. The number of rotatable bonds is 8. The Balaban J connectivity index is 2.71. The number of carbonyl (C=O) groups excluding carboxylic acids is 1. The molecule has 1 aromatic carbocycles. The van der Waals surface area contributed by atoms with Crippen molar-refractivity contribution >= 4 is 17.3 Å². The molecular weight excluding hydrogens is 250 g/mol. The number of nitrogens with one attached hydrogen (secondary N) is 1. The van der Waals surface area contributed by atoms with Crippen molar-refractivity contribution in [2.75, 3.05) is 24.1 Å². The van der Waals surface area contributed by atoms with Crippen molar-refractivity contribution in [3.8, 4) is 0 Å². The molecule has 1 unspecified atom stereocenters. The van der Waals surface area contributed by atoms with Gasteiger partial charge in [-0.15, -0.1) is 0 Å². The maximum Gasteiger partial charge on any atom is 0.241 e. The Hall–Kier alpha value is -1.55. The summed E-state index contributed by atoms with van der Waals surface area (Å²) in [6.07, 6.45) is 2.94. The SMILES string of the molecule is CCCN(CCC)C(CC)C(=O)Nc1ccc(N)cc1. The van der Waals surface area contributed by atoms with Gasteiger partial charge in [0.1, 0.15) is 0 Å². The van der Waals surface area contributed by atoms with Gasteiger partial charge in [0.25, 0.3) is 0 Å². The summed E-state index contributed by atoms with van der Waals surface area (Å²) in [5, 5.41) is 2.98. The monoisotopic (exact) mass is 277 g/mol. The first-order valence-electron chi connectivity index (χ1n) is 7.52. The lowest BCUT2D eigenvalue weighted by Gasteiger charge is -2.29. The first-order chi connectivity index (χ1) is 9.62. The highest BCUT2D eigenvalue weighted by molar-refractivity contribution is 5.94. The van der Waals surface area contributed by atoms with Crippen molar-refractivity contribution in [3.63, 3.8) is 0 Å². The van der Waals surface area contributed by atoms with Crippen LogP contribution in [-0.4, -0.2) is 29.9 Å². The van der Waals surface area contributed by atoms with Crippen molar-refractivity contribution in [1.82, 2.24) is 4.90 Å². The number of anilines is 2. The van der Waals surface area contributed by atoms with Gasteiger partial charge in [-0.05, 0) is 56.6 Å². The second kappa shape index (κ2) is 8.59. The van der Waals surface area contributed by atoms with Crippen LogP contribution in [-0.2, 0) is 4.79 Å². The van der Waals surface area contributed by atoms with E-state index in [0.717, 1.165) is 38.0 Å². The van der Waals surface area contributed by atoms with Crippen LogP contribution in [0.5, 0.6) is 0 Å². The van der Waals surface area contributed by atoms with E-state index in [9.17, 15) is 4.79 Å². The molecule has 20 heavy (non-hydrogen) atoms. The summed E-state index contributed by atoms with van der Waals surface area (Å²) in [5.41, 5.74) is 7.15. The third-order valence-electron chi connectivity index (χ3n) is 3.33. The number of nitrogens with zero attached hydrogens (tertiary/aromatic N) is 1. The minimum Gasteiger partial charge on any atom is -0.399 e. The van der Waals surface area contributed by atoms with Crippen LogP contribution in [0, 0.1) is 0 Å². The van der Waals surface area contributed by atoms with Crippen molar-refractivity contribution in [1.29, 1.82) is 0 Å². The van der Waals surface area contributed by atoms with Gasteiger partial charge in [0, 0.05) is 11.4 Å². The number of hydrogen-bond acceptors (Lipinski definition) is 3. The minimum absolute atomic E-state index is 0.0625. The van der Waals surface area contributed by atoms with Crippen LogP contribution in [0.3, 0.4) is 0 Å². The summed E-state index contributed by atoms with van der Waals surface area (Å²) < 4.78 is 0. The zero-order chi connectivity index (χ0) is 15.0. The summed E-state index contributed by atoms with van der Waals surface area (Å²) in [6, 6.07) is 7.21. The molecule has 1 aromatic rings. The molecule has 0 aliphatic carbocycles. The van der Waals surface area contributed by atoms with Gasteiger partial charge in [0.2, 0.25) is 5.91 Å². The summed E-state index contributed by atoms with van der Waals surface area (Å²) in [4.78, 5) is 14.7. The zero-order valence-electron chi connectivity index (χ0n) is 12.9. The van der Waals surface area contributed by atoms with Gasteiger partial charge in [-0.1, -0.05) is 20.8 Å². The second-order valence-corrected chi connectivity index (χ2v) is 5.07. The van der Waals surface area contributed by atoms with E-state index in [4.69, 9.17) is 5.73 Å². The highest BCUT2D eigenvalue weighted by atomic mass is 16.2. The van der Waals surface area contributed by atoms with E-state index in [0.29, 0.717) is 5.69 Å². The fourth-order valence-electron chi connectivity index (χ4n) is 2.40. The molecule has 0 radical (unpaired) electrons. The minimum atomic E-state index is -0.0625. The predicted octanol–water partition coefficient (Wildman–Crippen LogP) is 3.11. The molecule has 0 bridgehead atoms. The third-order valence-corrected chi connectivity index (χ3v) is 3.33. The molecule has 0 fully saturated rings. The summed E-state index contributed by atoms with van der Waals surface area (Å²) >= 11 is 0. The van der Waals surface area contributed by atoms with E-state index >= 15 is 0 Å². The Kier molecular flexibility index (Phi) is 7.09. The summed E-state index contributed by atoms with van der Waals surface area (Å²) in [6.45, 7) is 8.27. The molecule has 4 nitrogen and oxygen atoms in total. The maximum absolute atomic E-state index is 12.4. The highest BCUT2D eigenvalue weighted by Gasteiger charge is 2.23. The quantitative estimate of drug-likeness (QED) is 0.718. The second-order valence-electron chi connectivity index (χ2n) is 5.07. The molecule has 1 atom stereocenters. The fourth-order valence-corrected chi connectivity index (χ4v) is 2.40. The molecular formula is C16H27N3O. The topological polar surface area (TPSA) is 58.4 Å². The molecule has 0 aliphatic rings. The smallest absolute Gasteiger partial charge is 0.241 e. The van der Waals surface area contributed by atoms with Crippen molar-refractivity contribution in [2.24, 2.45) is 0 Å². The van der Waals surface area contributed by atoms with E-state index in [1.165, 1.54) is 0 Å². The van der Waals surface area contributed by atoms with Gasteiger partial charge < -0.3 is 11.1 Å². The average Bonchev–Trinajstić information content (AvgIpc) is 2.43. The summed E-state index contributed by atoms with van der Waals surface area (Å²) in [5.74, 6) is 0.0687. The Morgan fingerprint density at radius 3 is 2.15 bits per heavy atom. The average molecular weight is 277 g/mol. The van der Waals surface area contributed by atoms with Crippen molar-refractivity contribution < 1.29 is 4.79 Å². The van der Waals surface area contributed by atoms with E-state index < -0.39 is 0 Å². The first kappa shape index (κ1) is 16.5. The number of nitrogen functional groups attached to an aromatic ring is 1. The third kappa shape index (κ3) is 4.85. The number of hydrogen-bond donors (Lipinski definition) is 2. The molecule has 0 heterocycles. The van der Waals surface area contributed by atoms with Gasteiger partial charge in [0.05, 0.1) is 6.04 Å². The van der Waals surface area contributed by atoms with Crippen molar-refractivity contribution in [2.45, 2.75) is 46.1 Å². The predicted molar refractivity (Wildman–Crippen MR) is 85.7 cm³/mol. The standard InChI is InChI=1S/C16H27N3O/c1-4-11-19(12-5-2)15(6-3)16(20)18-14-9-7-13(17)8-10-14/h7-10,15H,4-6,11-12,17H2,1-3H3,(H,18,20). The van der Waals surface area contributed by atoms with E-state index in [1.807, 2.05) is 12.1 Å². The molecule has 112 valence electrons. The lowest BCUT2D eigenvalue weighted by atomic mass is 10.1. The lowest BCUT2D eigenvalue weighted by molar-refractivity contribution is -0.121. The Morgan fingerprint density at radius 2 is 1.70 bits per heavy atom. The zero-order valence-corrected chi connectivity index (χ0v) is 12.9. The maximum atomic E-state index is 12.4. The van der Waals surface area contributed by atoms with Gasteiger partial charge >= 0.3 is 0 Å². The number of benzene rings is 1. The largest absolute Gasteiger partial charge is 0.399 e. The molecule has 1 amide bonds. The molecule has 0 spiro atoms. The lowest BCUT2D eigenvalue weighted by Crippen LogP contribution is -2.44. The Labute approximate surface area is 122 Å². The number of amides is 1. The van der Waals surface area contributed by atoms with Gasteiger partial charge in [-0.2, -0.15) is 0 Å². The molecule has 0 aliphatic heterocycles. The van der Waals surface area contributed by atoms with Crippen molar-refractivity contribution in [3.05, 3.63) is 24.3 Å². The molecule has 0 aromatic heterocycles. The van der Waals surface area contributed by atoms with Gasteiger partial charge in [-0.3, -0.25) is 9.69 Å². The fraction of sp³-hybridized carbons (Fsp3) is 0.562. The Morgan fingerprint density at radius 1 is 1.15 bits per heavy atom. The van der Waals surface area contributed by atoms with Crippen LogP contribution < -0.4 is 11.1 Å². The normalized spacial score (nSPS) is 12.4. The Bertz CT molecular complexity index is 397. The molecule has 1 rings (SSSR count). The van der Waals surface area contributed by atoms with Crippen LogP contribution in [0.1, 0.15) is 40.0 Å². The van der Waals surface area contributed by atoms with Crippen LogP contribution in [0.25, 0.3) is 0 Å². The van der Waals surface area contributed by atoms with E-state index in [2.05, 4.69) is 31.0 Å². The van der Waals surface area contributed by atoms with Gasteiger partial charge in [-0.25, -0.2) is 0 Å².